The minimum Gasteiger partial charge on any atom is -0.392 e. The highest BCUT2D eigenvalue weighted by Crippen LogP contribution is 2.32. The second-order valence-corrected chi connectivity index (χ2v) is 4.75. The van der Waals surface area contributed by atoms with Crippen molar-refractivity contribution in [1.29, 1.82) is 0 Å². The van der Waals surface area contributed by atoms with E-state index in [-0.39, 0.29) is 6.10 Å². The maximum atomic E-state index is 9.69. The van der Waals surface area contributed by atoms with Crippen molar-refractivity contribution in [2.75, 3.05) is 6.54 Å². The van der Waals surface area contributed by atoms with E-state index in [0.717, 1.165) is 5.82 Å². The van der Waals surface area contributed by atoms with E-state index < -0.39 is 0 Å². The van der Waals surface area contributed by atoms with Crippen LogP contribution >= 0.6 is 0 Å². The Morgan fingerprint density at radius 2 is 2.31 bits per heavy atom. The molecule has 5 heteroatoms. The Balaban J connectivity index is 1.77. The molecule has 0 bridgehead atoms. The fraction of sp³-hybridized carbons (Fsp3) is 0.818. The summed E-state index contributed by atoms with van der Waals surface area (Å²) in [6.45, 7) is 5.48. The minimum absolute atomic E-state index is 0.199. The van der Waals surface area contributed by atoms with Crippen molar-refractivity contribution in [3.8, 4) is 0 Å². The number of aromatic nitrogens is 3. The third kappa shape index (κ3) is 2.80. The van der Waals surface area contributed by atoms with Crippen LogP contribution in [0.4, 0.5) is 0 Å². The molecule has 1 aliphatic rings. The van der Waals surface area contributed by atoms with E-state index in [0.29, 0.717) is 25.0 Å². The van der Waals surface area contributed by atoms with Crippen LogP contribution in [-0.4, -0.2) is 32.5 Å². The monoisotopic (exact) mass is 224 g/mol. The lowest BCUT2D eigenvalue weighted by Crippen LogP contribution is -2.29. The first kappa shape index (κ1) is 11.5. The molecule has 1 unspecified atom stereocenters. The molecule has 0 aliphatic heterocycles. The largest absolute Gasteiger partial charge is 0.392 e. The zero-order valence-corrected chi connectivity index (χ0v) is 9.93. The molecule has 2 N–H and O–H groups in total. The first-order chi connectivity index (χ1) is 7.68. The lowest BCUT2D eigenvalue weighted by molar-refractivity contribution is 0.148. The molecule has 0 saturated heterocycles. The molecule has 1 aliphatic carbocycles. The molecule has 5 nitrogen and oxygen atoms in total. The predicted molar refractivity (Wildman–Crippen MR) is 60.8 cm³/mol. The molecule has 1 fully saturated rings. The summed E-state index contributed by atoms with van der Waals surface area (Å²) < 4.78 is 1.90. The lowest BCUT2D eigenvalue weighted by Gasteiger charge is -2.12. The molecule has 0 radical (unpaired) electrons. The Hall–Kier alpha value is -0.940. The third-order valence-corrected chi connectivity index (χ3v) is 2.94. The minimum atomic E-state index is -0.199. The molecule has 0 amide bonds. The molecular weight excluding hydrogens is 204 g/mol. The number of rotatable bonds is 6. The summed E-state index contributed by atoms with van der Waals surface area (Å²) in [5.74, 6) is 1.45. The standard InChI is InChI=1S/C11H20N4O/c1-8(2)15-11(13-7-14-15)6-12-5-10(16)9-3-4-9/h7-10,12,16H,3-6H2,1-2H3. The van der Waals surface area contributed by atoms with Gasteiger partial charge in [0.05, 0.1) is 12.6 Å². The van der Waals surface area contributed by atoms with Gasteiger partial charge < -0.3 is 10.4 Å². The quantitative estimate of drug-likeness (QED) is 0.747. The zero-order valence-electron chi connectivity index (χ0n) is 9.93. The molecule has 0 spiro atoms. The van der Waals surface area contributed by atoms with E-state index in [1.54, 1.807) is 6.33 Å². The number of hydrogen-bond acceptors (Lipinski definition) is 4. The number of nitrogens with one attached hydrogen (secondary N) is 1. The molecule has 2 rings (SSSR count). The van der Waals surface area contributed by atoms with Gasteiger partial charge in [0.15, 0.2) is 0 Å². The number of hydrogen-bond donors (Lipinski definition) is 2. The van der Waals surface area contributed by atoms with Crippen LogP contribution < -0.4 is 5.32 Å². The highest BCUT2D eigenvalue weighted by Gasteiger charge is 2.29. The van der Waals surface area contributed by atoms with E-state index >= 15 is 0 Å². The van der Waals surface area contributed by atoms with Gasteiger partial charge in [0, 0.05) is 12.6 Å². The molecule has 16 heavy (non-hydrogen) atoms. The van der Waals surface area contributed by atoms with E-state index in [1.807, 2.05) is 4.68 Å². The Bertz CT molecular complexity index is 332. The fourth-order valence-corrected chi connectivity index (χ4v) is 1.81. The highest BCUT2D eigenvalue weighted by molar-refractivity contribution is 4.87. The van der Waals surface area contributed by atoms with Crippen LogP contribution in [0.1, 0.15) is 38.6 Å². The maximum absolute atomic E-state index is 9.69. The van der Waals surface area contributed by atoms with Gasteiger partial charge in [0.25, 0.3) is 0 Å². The molecular formula is C11H20N4O. The predicted octanol–water partition coefficient (Wildman–Crippen LogP) is 0.719. The second-order valence-electron chi connectivity index (χ2n) is 4.75. The molecule has 0 aromatic carbocycles. The number of aliphatic hydroxyl groups is 1. The Kier molecular flexibility index (Phi) is 3.56. The van der Waals surface area contributed by atoms with Gasteiger partial charge in [-0.2, -0.15) is 5.10 Å². The van der Waals surface area contributed by atoms with E-state index in [2.05, 4.69) is 29.2 Å². The molecule has 1 heterocycles. The van der Waals surface area contributed by atoms with Gasteiger partial charge in [0.2, 0.25) is 0 Å². The zero-order chi connectivity index (χ0) is 11.5. The molecule has 1 aromatic rings. The fourth-order valence-electron chi connectivity index (χ4n) is 1.81. The number of nitrogens with zero attached hydrogens (tertiary/aromatic N) is 3. The SMILES string of the molecule is CC(C)n1ncnc1CNCC(O)C1CC1. The average molecular weight is 224 g/mol. The summed E-state index contributed by atoms with van der Waals surface area (Å²) in [7, 11) is 0. The lowest BCUT2D eigenvalue weighted by atomic mass is 10.2. The summed E-state index contributed by atoms with van der Waals surface area (Å²) >= 11 is 0. The Labute approximate surface area is 95.9 Å². The summed E-state index contributed by atoms with van der Waals surface area (Å²) in [5, 5.41) is 17.1. The van der Waals surface area contributed by atoms with Crippen LogP contribution in [0.15, 0.2) is 6.33 Å². The van der Waals surface area contributed by atoms with Crippen LogP contribution in [0.5, 0.6) is 0 Å². The molecule has 90 valence electrons. The van der Waals surface area contributed by atoms with E-state index in [1.165, 1.54) is 12.8 Å². The van der Waals surface area contributed by atoms with Crippen molar-refractivity contribution >= 4 is 0 Å². The van der Waals surface area contributed by atoms with Crippen LogP contribution in [0.2, 0.25) is 0 Å². The molecule has 1 atom stereocenters. The van der Waals surface area contributed by atoms with Crippen molar-refractivity contribution < 1.29 is 5.11 Å². The van der Waals surface area contributed by atoms with Crippen molar-refractivity contribution in [2.24, 2.45) is 5.92 Å². The Morgan fingerprint density at radius 3 is 2.94 bits per heavy atom. The van der Waals surface area contributed by atoms with Gasteiger partial charge >= 0.3 is 0 Å². The van der Waals surface area contributed by atoms with Crippen LogP contribution in [-0.2, 0) is 6.54 Å². The Morgan fingerprint density at radius 1 is 1.56 bits per heavy atom. The number of aliphatic hydroxyl groups excluding tert-OH is 1. The normalized spacial score (nSPS) is 18.0. The smallest absolute Gasteiger partial charge is 0.141 e. The molecule has 1 saturated carbocycles. The van der Waals surface area contributed by atoms with Crippen LogP contribution in [0.3, 0.4) is 0 Å². The van der Waals surface area contributed by atoms with Crippen molar-refractivity contribution in [3.63, 3.8) is 0 Å². The van der Waals surface area contributed by atoms with Gasteiger partial charge in [0.1, 0.15) is 12.2 Å². The van der Waals surface area contributed by atoms with Gasteiger partial charge in [-0.1, -0.05) is 0 Å². The van der Waals surface area contributed by atoms with Crippen molar-refractivity contribution in [2.45, 2.75) is 45.4 Å². The van der Waals surface area contributed by atoms with Gasteiger partial charge in [-0.05, 0) is 32.6 Å². The van der Waals surface area contributed by atoms with Crippen LogP contribution in [0, 0.1) is 5.92 Å². The summed E-state index contributed by atoms with van der Waals surface area (Å²) in [5.41, 5.74) is 0. The maximum Gasteiger partial charge on any atom is 0.141 e. The third-order valence-electron chi connectivity index (χ3n) is 2.94. The van der Waals surface area contributed by atoms with Gasteiger partial charge in [-0.15, -0.1) is 0 Å². The first-order valence-corrected chi connectivity index (χ1v) is 5.95. The van der Waals surface area contributed by atoms with Crippen molar-refractivity contribution in [1.82, 2.24) is 20.1 Å². The highest BCUT2D eigenvalue weighted by atomic mass is 16.3. The van der Waals surface area contributed by atoms with Crippen LogP contribution in [0.25, 0.3) is 0 Å². The van der Waals surface area contributed by atoms with E-state index in [9.17, 15) is 5.11 Å². The topological polar surface area (TPSA) is 63.0 Å². The van der Waals surface area contributed by atoms with E-state index in [4.69, 9.17) is 0 Å². The first-order valence-electron chi connectivity index (χ1n) is 5.95. The summed E-state index contributed by atoms with van der Waals surface area (Å²) in [6.07, 6.45) is 3.72. The van der Waals surface area contributed by atoms with Gasteiger partial charge in [-0.3, -0.25) is 0 Å². The second kappa shape index (κ2) is 4.93. The summed E-state index contributed by atoms with van der Waals surface area (Å²) in [6, 6.07) is 0.327. The molecule has 1 aromatic heterocycles. The van der Waals surface area contributed by atoms with Crippen molar-refractivity contribution in [3.05, 3.63) is 12.2 Å². The van der Waals surface area contributed by atoms with Gasteiger partial charge in [-0.25, -0.2) is 9.67 Å². The summed E-state index contributed by atoms with van der Waals surface area (Å²) in [4.78, 5) is 4.20. The average Bonchev–Trinajstić information content (AvgIpc) is 2.98.